The van der Waals surface area contributed by atoms with Gasteiger partial charge in [-0.2, -0.15) is 0 Å². The topological polar surface area (TPSA) is 46.9 Å². The van der Waals surface area contributed by atoms with Gasteiger partial charge in [0.15, 0.2) is 0 Å². The summed E-state index contributed by atoms with van der Waals surface area (Å²) in [7, 11) is 3.72. The van der Waals surface area contributed by atoms with Crippen LogP contribution in [-0.4, -0.2) is 60.2 Å². The molecule has 6 heteroatoms. The second-order valence-corrected chi connectivity index (χ2v) is 7.28. The van der Waals surface area contributed by atoms with Crippen molar-refractivity contribution in [3.8, 4) is 5.75 Å². The van der Waals surface area contributed by atoms with E-state index in [1.807, 2.05) is 24.1 Å². The maximum absolute atomic E-state index is 12.9. The molecule has 0 N–H and O–H groups in total. The summed E-state index contributed by atoms with van der Waals surface area (Å²) in [6.07, 6.45) is 0.964. The number of benzene rings is 1. The predicted molar refractivity (Wildman–Crippen MR) is 103 cm³/mol. The van der Waals surface area contributed by atoms with Crippen LogP contribution in [0.15, 0.2) is 30.3 Å². The number of hydrogen-bond donors (Lipinski definition) is 0. The minimum Gasteiger partial charge on any atom is -0.497 e. The van der Waals surface area contributed by atoms with Crippen LogP contribution in [0.2, 0.25) is 0 Å². The number of methoxy groups -OCH3 is 1. The largest absolute Gasteiger partial charge is 0.497 e. The lowest BCUT2D eigenvalue weighted by Crippen LogP contribution is -2.41. The Bertz CT molecular complexity index is 824. The molecule has 2 aliphatic heterocycles. The Kier molecular flexibility index (Phi) is 5.18. The van der Waals surface area contributed by atoms with Crippen LogP contribution >= 0.6 is 0 Å². The molecule has 2 aromatic rings. The number of amides is 1. The third-order valence-electron chi connectivity index (χ3n) is 5.56. The number of fused-ring (bicyclic) bond motifs is 1. The molecule has 0 spiro atoms. The molecule has 1 aromatic carbocycles. The Hall–Kier alpha value is -2.31. The Morgan fingerprint density at radius 1 is 1.19 bits per heavy atom. The Morgan fingerprint density at radius 3 is 2.78 bits per heavy atom. The lowest BCUT2D eigenvalue weighted by atomic mass is 10.1. The maximum Gasteiger partial charge on any atom is 0.270 e. The van der Waals surface area contributed by atoms with E-state index in [1.54, 1.807) is 7.11 Å². The summed E-state index contributed by atoms with van der Waals surface area (Å²) in [6.45, 7) is 5.37. The highest BCUT2D eigenvalue weighted by atomic mass is 16.5. The molecule has 144 valence electrons. The average molecular weight is 369 g/mol. The first-order chi connectivity index (χ1) is 13.2. The third kappa shape index (κ3) is 3.73. The molecular formula is C21H27N3O3. The number of ether oxygens (including phenoxy) is 2. The first kappa shape index (κ1) is 18.1. The monoisotopic (exact) mass is 369 g/mol. The summed E-state index contributed by atoms with van der Waals surface area (Å²) in [5.74, 6) is 1.01. The fourth-order valence-electron chi connectivity index (χ4n) is 4.05. The number of carbonyl (C=O) groups excluding carboxylic acids is 1. The van der Waals surface area contributed by atoms with Crippen LogP contribution in [0.1, 0.15) is 27.3 Å². The van der Waals surface area contributed by atoms with Crippen LogP contribution in [0.25, 0.3) is 0 Å². The molecule has 0 bridgehead atoms. The van der Waals surface area contributed by atoms with E-state index in [4.69, 9.17) is 9.47 Å². The van der Waals surface area contributed by atoms with E-state index in [9.17, 15) is 4.79 Å². The Labute approximate surface area is 160 Å². The average Bonchev–Trinajstić information content (AvgIpc) is 3.04. The van der Waals surface area contributed by atoms with E-state index >= 15 is 0 Å². The maximum atomic E-state index is 12.9. The molecule has 1 aromatic heterocycles. The molecular weight excluding hydrogens is 342 g/mol. The second-order valence-electron chi connectivity index (χ2n) is 7.28. The van der Waals surface area contributed by atoms with E-state index in [0.29, 0.717) is 26.3 Å². The van der Waals surface area contributed by atoms with Crippen molar-refractivity contribution < 1.29 is 14.3 Å². The zero-order valence-electron chi connectivity index (χ0n) is 16.1. The lowest BCUT2D eigenvalue weighted by Gasteiger charge is -2.28. The van der Waals surface area contributed by atoms with E-state index in [1.165, 1.54) is 16.8 Å². The van der Waals surface area contributed by atoms with Gasteiger partial charge in [0.25, 0.3) is 5.91 Å². The molecule has 27 heavy (non-hydrogen) atoms. The van der Waals surface area contributed by atoms with Gasteiger partial charge in [-0.1, -0.05) is 12.1 Å². The first-order valence-corrected chi connectivity index (χ1v) is 9.55. The molecule has 3 heterocycles. The van der Waals surface area contributed by atoms with Gasteiger partial charge in [0.2, 0.25) is 0 Å². The van der Waals surface area contributed by atoms with Crippen molar-refractivity contribution in [2.45, 2.75) is 19.5 Å². The summed E-state index contributed by atoms with van der Waals surface area (Å²) in [6, 6.07) is 10.3. The minimum absolute atomic E-state index is 0.120. The summed E-state index contributed by atoms with van der Waals surface area (Å²) >= 11 is 0. The molecule has 4 rings (SSSR count). The van der Waals surface area contributed by atoms with E-state index in [0.717, 1.165) is 37.5 Å². The molecule has 0 aliphatic carbocycles. The molecule has 0 radical (unpaired) electrons. The second kappa shape index (κ2) is 7.74. The van der Waals surface area contributed by atoms with Gasteiger partial charge in [-0.3, -0.25) is 9.69 Å². The number of aromatic nitrogens is 1. The number of rotatable bonds is 4. The van der Waals surface area contributed by atoms with E-state index < -0.39 is 0 Å². The predicted octanol–water partition coefficient (Wildman–Crippen LogP) is 2.06. The SMILES string of the molecule is COc1cccc(CN2CCc3c(cc(C(=O)N4CCOCC4)n3C)C2)c1. The van der Waals surface area contributed by atoms with Crippen molar-refractivity contribution in [3.63, 3.8) is 0 Å². The summed E-state index contributed by atoms with van der Waals surface area (Å²) in [5, 5.41) is 0. The minimum atomic E-state index is 0.120. The number of hydrogen-bond acceptors (Lipinski definition) is 4. The van der Waals surface area contributed by atoms with E-state index in [-0.39, 0.29) is 5.91 Å². The summed E-state index contributed by atoms with van der Waals surface area (Å²) < 4.78 is 12.8. The van der Waals surface area contributed by atoms with Crippen LogP contribution in [0.4, 0.5) is 0 Å². The molecule has 0 atom stereocenters. The highest BCUT2D eigenvalue weighted by Crippen LogP contribution is 2.25. The molecule has 1 fully saturated rings. The van der Waals surface area contributed by atoms with Crippen LogP contribution in [0.3, 0.4) is 0 Å². The molecule has 2 aliphatic rings. The van der Waals surface area contributed by atoms with Gasteiger partial charge in [0.05, 0.1) is 20.3 Å². The van der Waals surface area contributed by atoms with Crippen molar-refractivity contribution in [2.24, 2.45) is 7.05 Å². The summed E-state index contributed by atoms with van der Waals surface area (Å²) in [5.41, 5.74) is 4.60. The zero-order chi connectivity index (χ0) is 18.8. The van der Waals surface area contributed by atoms with E-state index in [2.05, 4.69) is 27.7 Å². The lowest BCUT2D eigenvalue weighted by molar-refractivity contribution is 0.0296. The highest BCUT2D eigenvalue weighted by Gasteiger charge is 2.26. The number of carbonyl (C=O) groups is 1. The fourth-order valence-corrected chi connectivity index (χ4v) is 4.05. The number of morpholine rings is 1. The van der Waals surface area contributed by atoms with Crippen molar-refractivity contribution >= 4 is 5.91 Å². The first-order valence-electron chi connectivity index (χ1n) is 9.55. The van der Waals surface area contributed by atoms with Gasteiger partial charge in [-0.25, -0.2) is 0 Å². The van der Waals surface area contributed by atoms with Crippen molar-refractivity contribution in [1.82, 2.24) is 14.4 Å². The van der Waals surface area contributed by atoms with Gasteiger partial charge in [-0.15, -0.1) is 0 Å². The normalized spacial score (nSPS) is 17.6. The van der Waals surface area contributed by atoms with Crippen LogP contribution in [0.5, 0.6) is 5.75 Å². The van der Waals surface area contributed by atoms with Gasteiger partial charge in [0, 0.05) is 51.9 Å². The fraction of sp³-hybridized carbons (Fsp3) is 0.476. The molecule has 1 amide bonds. The van der Waals surface area contributed by atoms with Crippen LogP contribution in [0, 0.1) is 0 Å². The van der Waals surface area contributed by atoms with Gasteiger partial charge >= 0.3 is 0 Å². The van der Waals surface area contributed by atoms with Gasteiger partial charge in [0.1, 0.15) is 11.4 Å². The smallest absolute Gasteiger partial charge is 0.270 e. The van der Waals surface area contributed by atoms with Gasteiger partial charge < -0.3 is 18.9 Å². The molecule has 6 nitrogen and oxygen atoms in total. The molecule has 1 saturated heterocycles. The Morgan fingerprint density at radius 2 is 2.00 bits per heavy atom. The zero-order valence-corrected chi connectivity index (χ0v) is 16.1. The number of nitrogens with zero attached hydrogens (tertiary/aromatic N) is 3. The van der Waals surface area contributed by atoms with Crippen molar-refractivity contribution in [3.05, 3.63) is 52.8 Å². The van der Waals surface area contributed by atoms with Crippen molar-refractivity contribution in [1.29, 1.82) is 0 Å². The third-order valence-corrected chi connectivity index (χ3v) is 5.56. The molecule has 0 saturated carbocycles. The van der Waals surface area contributed by atoms with Crippen LogP contribution < -0.4 is 4.74 Å². The highest BCUT2D eigenvalue weighted by molar-refractivity contribution is 5.93. The standard InChI is InChI=1S/C21H27N3O3/c1-22-19-6-7-23(14-16-4-3-5-18(12-16)26-2)15-17(19)13-20(22)21(25)24-8-10-27-11-9-24/h3-5,12-13H,6-11,14-15H2,1-2H3. The Balaban J connectivity index is 1.48. The molecule has 0 unspecified atom stereocenters. The summed E-state index contributed by atoms with van der Waals surface area (Å²) in [4.78, 5) is 17.2. The van der Waals surface area contributed by atoms with Crippen molar-refractivity contribution in [2.75, 3.05) is 40.0 Å². The van der Waals surface area contributed by atoms with Crippen LogP contribution in [-0.2, 0) is 31.3 Å². The quantitative estimate of drug-likeness (QED) is 0.828. The van der Waals surface area contributed by atoms with Gasteiger partial charge in [-0.05, 0) is 29.3 Å².